The number of hydrogen-bond donors (Lipinski definition) is 1. The van der Waals surface area contributed by atoms with Crippen LogP contribution in [0.4, 0.5) is 10.1 Å². The van der Waals surface area contributed by atoms with Crippen LogP contribution in [0.5, 0.6) is 11.5 Å². The topological polar surface area (TPSA) is 64.6 Å². The molecular weight excluding hydrogens is 457 g/mol. The molecule has 0 radical (unpaired) electrons. The number of amides is 1. The van der Waals surface area contributed by atoms with Crippen molar-refractivity contribution in [1.82, 2.24) is 0 Å². The first-order chi connectivity index (χ1) is 17.2. The van der Waals surface area contributed by atoms with Crippen molar-refractivity contribution < 1.29 is 23.5 Å². The zero-order valence-electron chi connectivity index (χ0n) is 21.5. The predicted molar refractivity (Wildman–Crippen MR) is 142 cm³/mol. The summed E-state index contributed by atoms with van der Waals surface area (Å²) in [5.41, 5.74) is 5.43. The van der Waals surface area contributed by atoms with E-state index in [-0.39, 0.29) is 11.7 Å². The van der Waals surface area contributed by atoms with Crippen LogP contribution in [0.3, 0.4) is 0 Å². The number of aldehydes is 1. The quantitative estimate of drug-likeness (QED) is 0.297. The molecule has 0 saturated carbocycles. The molecule has 0 aliphatic carbocycles. The van der Waals surface area contributed by atoms with Gasteiger partial charge in [-0.2, -0.15) is 0 Å². The fourth-order valence-electron chi connectivity index (χ4n) is 4.04. The molecule has 188 valence electrons. The number of rotatable bonds is 6. The SMILES string of the molecule is COc1ccc(C=C2C(=O)Nc3ccc(F)cc32)cc1C(C)C.COc1ccc(C=O)cc1C(C)C. The predicted octanol–water partition coefficient (Wildman–Crippen LogP) is 7.08. The maximum Gasteiger partial charge on any atom is 0.256 e. The van der Waals surface area contributed by atoms with E-state index in [2.05, 4.69) is 33.0 Å². The third kappa shape index (κ3) is 6.00. The van der Waals surface area contributed by atoms with Crippen LogP contribution in [-0.2, 0) is 4.79 Å². The summed E-state index contributed by atoms with van der Waals surface area (Å²) >= 11 is 0. The summed E-state index contributed by atoms with van der Waals surface area (Å²) in [6.45, 7) is 8.32. The smallest absolute Gasteiger partial charge is 0.256 e. The van der Waals surface area contributed by atoms with Gasteiger partial charge in [0.15, 0.2) is 0 Å². The van der Waals surface area contributed by atoms with Gasteiger partial charge >= 0.3 is 0 Å². The summed E-state index contributed by atoms with van der Waals surface area (Å²) in [4.78, 5) is 22.7. The lowest BCUT2D eigenvalue weighted by atomic mass is 9.97. The number of methoxy groups -OCH3 is 2. The van der Waals surface area contributed by atoms with Gasteiger partial charge in [0.1, 0.15) is 23.6 Å². The van der Waals surface area contributed by atoms with E-state index in [9.17, 15) is 14.0 Å². The minimum Gasteiger partial charge on any atom is -0.496 e. The van der Waals surface area contributed by atoms with Gasteiger partial charge in [0, 0.05) is 22.4 Å². The van der Waals surface area contributed by atoms with Gasteiger partial charge in [0.2, 0.25) is 0 Å². The number of ether oxygens (including phenoxy) is 2. The average Bonchev–Trinajstić information content (AvgIpc) is 3.17. The second-order valence-corrected chi connectivity index (χ2v) is 9.13. The fourth-order valence-corrected chi connectivity index (χ4v) is 4.04. The molecule has 3 aromatic carbocycles. The Morgan fingerprint density at radius 1 is 0.806 bits per heavy atom. The van der Waals surface area contributed by atoms with Crippen LogP contribution >= 0.6 is 0 Å². The molecule has 36 heavy (non-hydrogen) atoms. The normalized spacial score (nSPS) is 13.2. The highest BCUT2D eigenvalue weighted by Gasteiger charge is 2.24. The average molecular weight is 490 g/mol. The van der Waals surface area contributed by atoms with Crippen molar-refractivity contribution in [2.24, 2.45) is 0 Å². The highest BCUT2D eigenvalue weighted by atomic mass is 19.1. The maximum absolute atomic E-state index is 13.5. The van der Waals surface area contributed by atoms with Crippen molar-refractivity contribution in [2.75, 3.05) is 19.5 Å². The number of hydrogen-bond acceptors (Lipinski definition) is 4. The van der Waals surface area contributed by atoms with Crippen LogP contribution in [0.2, 0.25) is 0 Å². The third-order valence-electron chi connectivity index (χ3n) is 5.96. The molecule has 1 aliphatic rings. The van der Waals surface area contributed by atoms with Crippen LogP contribution in [0.25, 0.3) is 11.6 Å². The van der Waals surface area contributed by atoms with Gasteiger partial charge in [-0.05, 0) is 83.1 Å². The molecule has 1 amide bonds. The lowest BCUT2D eigenvalue weighted by Crippen LogP contribution is -2.03. The van der Waals surface area contributed by atoms with Crippen molar-refractivity contribution in [3.8, 4) is 11.5 Å². The molecule has 0 saturated heterocycles. The lowest BCUT2D eigenvalue weighted by molar-refractivity contribution is -0.110. The summed E-state index contributed by atoms with van der Waals surface area (Å²) in [6, 6.07) is 15.5. The van der Waals surface area contributed by atoms with Crippen LogP contribution < -0.4 is 14.8 Å². The summed E-state index contributed by atoms with van der Waals surface area (Å²) in [6.07, 6.45) is 2.64. The van der Waals surface area contributed by atoms with E-state index in [4.69, 9.17) is 9.47 Å². The molecule has 1 aliphatic heterocycles. The van der Waals surface area contributed by atoms with Crippen LogP contribution in [0.15, 0.2) is 54.6 Å². The standard InChI is InChI=1S/C19H18FNO2.C11H14O2/c1-11(2)14-8-12(4-7-18(14)23-3)9-16-15-10-13(20)5-6-17(15)21-19(16)22;1-8(2)10-6-9(7-12)4-5-11(10)13-3/h4-11H,1-3H3,(H,21,22);4-8H,1-3H3. The Morgan fingerprint density at radius 3 is 1.89 bits per heavy atom. The second-order valence-electron chi connectivity index (χ2n) is 9.13. The zero-order valence-corrected chi connectivity index (χ0v) is 21.5. The van der Waals surface area contributed by atoms with E-state index in [0.717, 1.165) is 34.5 Å². The molecule has 0 atom stereocenters. The summed E-state index contributed by atoms with van der Waals surface area (Å²) in [5.74, 6) is 1.77. The Labute approximate surface area is 212 Å². The van der Waals surface area contributed by atoms with Crippen molar-refractivity contribution in [3.05, 3.63) is 88.2 Å². The van der Waals surface area contributed by atoms with Crippen molar-refractivity contribution >= 4 is 29.5 Å². The Morgan fingerprint density at radius 2 is 1.36 bits per heavy atom. The summed E-state index contributed by atoms with van der Waals surface area (Å²) in [5, 5.41) is 2.76. The van der Waals surface area contributed by atoms with Gasteiger partial charge in [-0.15, -0.1) is 0 Å². The number of benzene rings is 3. The van der Waals surface area contributed by atoms with E-state index in [1.54, 1.807) is 32.4 Å². The maximum atomic E-state index is 13.5. The summed E-state index contributed by atoms with van der Waals surface area (Å²) in [7, 11) is 3.28. The Hall–Kier alpha value is -3.93. The lowest BCUT2D eigenvalue weighted by Gasteiger charge is -2.12. The van der Waals surface area contributed by atoms with Crippen LogP contribution in [-0.4, -0.2) is 26.4 Å². The molecule has 3 aromatic rings. The molecule has 0 spiro atoms. The van der Waals surface area contributed by atoms with Crippen molar-refractivity contribution in [1.29, 1.82) is 0 Å². The van der Waals surface area contributed by atoms with Crippen molar-refractivity contribution in [2.45, 2.75) is 39.5 Å². The molecule has 0 unspecified atom stereocenters. The number of anilines is 1. The van der Waals surface area contributed by atoms with E-state index < -0.39 is 0 Å². The number of halogens is 1. The van der Waals surface area contributed by atoms with Crippen molar-refractivity contribution in [3.63, 3.8) is 0 Å². The van der Waals surface area contributed by atoms with E-state index in [1.807, 2.05) is 30.3 Å². The second kappa shape index (κ2) is 11.7. The highest BCUT2D eigenvalue weighted by molar-refractivity contribution is 6.34. The van der Waals surface area contributed by atoms with Gasteiger partial charge in [-0.3, -0.25) is 9.59 Å². The molecule has 6 heteroatoms. The third-order valence-corrected chi connectivity index (χ3v) is 5.96. The number of carbonyl (C=O) groups excluding carboxylic acids is 2. The number of fused-ring (bicyclic) bond motifs is 1. The number of nitrogens with one attached hydrogen (secondary N) is 1. The summed E-state index contributed by atoms with van der Waals surface area (Å²) < 4.78 is 24.1. The van der Waals surface area contributed by atoms with E-state index in [1.165, 1.54) is 12.1 Å². The molecule has 1 N–H and O–H groups in total. The van der Waals surface area contributed by atoms with E-state index in [0.29, 0.717) is 34.2 Å². The first-order valence-electron chi connectivity index (χ1n) is 11.8. The molecule has 5 nitrogen and oxygen atoms in total. The van der Waals surface area contributed by atoms with Gasteiger partial charge in [-0.1, -0.05) is 33.8 Å². The number of carbonyl (C=O) groups is 2. The Kier molecular flexibility index (Phi) is 8.64. The minimum absolute atomic E-state index is 0.215. The van der Waals surface area contributed by atoms with Gasteiger partial charge in [0.25, 0.3) is 5.91 Å². The molecule has 1 heterocycles. The largest absolute Gasteiger partial charge is 0.496 e. The van der Waals surface area contributed by atoms with Crippen LogP contribution in [0.1, 0.15) is 72.1 Å². The van der Waals surface area contributed by atoms with Gasteiger partial charge in [-0.25, -0.2) is 4.39 Å². The zero-order chi connectivity index (χ0) is 26.4. The first kappa shape index (κ1) is 26.7. The van der Waals surface area contributed by atoms with Crippen LogP contribution in [0, 0.1) is 5.82 Å². The fraction of sp³-hybridized carbons (Fsp3) is 0.267. The molecular formula is C30H32FNO4. The first-order valence-corrected chi connectivity index (χ1v) is 11.8. The van der Waals surface area contributed by atoms with E-state index >= 15 is 0 Å². The minimum atomic E-state index is -0.358. The molecule has 4 rings (SSSR count). The van der Waals surface area contributed by atoms with Gasteiger partial charge in [0.05, 0.1) is 14.2 Å². The molecule has 0 aromatic heterocycles. The molecule has 0 bridgehead atoms. The highest BCUT2D eigenvalue weighted by Crippen LogP contribution is 2.35. The Balaban J connectivity index is 0.000000236. The molecule has 0 fully saturated rings. The Bertz CT molecular complexity index is 1290. The monoisotopic (exact) mass is 489 g/mol. The van der Waals surface area contributed by atoms with Gasteiger partial charge < -0.3 is 14.8 Å².